The standard InChI is InChI=1S/C22H22F4N4O/c1-13-4-3-5-14(2)29(13)12-19(31)18-11-21-27-17(15-6-8-16(23)9-7-15)10-20(22(24,25)26)30(21)28-18/h6-11,13-14H,3-5,12H2,1-2H3. The van der Waals surface area contributed by atoms with E-state index in [1.54, 1.807) is 0 Å². The zero-order valence-corrected chi connectivity index (χ0v) is 17.2. The fourth-order valence-corrected chi connectivity index (χ4v) is 4.11. The first-order valence-corrected chi connectivity index (χ1v) is 10.2. The van der Waals surface area contributed by atoms with Gasteiger partial charge in [-0.2, -0.15) is 18.3 Å². The zero-order valence-electron chi connectivity index (χ0n) is 17.2. The molecule has 31 heavy (non-hydrogen) atoms. The number of rotatable bonds is 4. The molecule has 0 amide bonds. The van der Waals surface area contributed by atoms with Crippen molar-refractivity contribution < 1.29 is 22.4 Å². The Kier molecular flexibility index (Phi) is 5.55. The van der Waals surface area contributed by atoms with Crippen LogP contribution in [0.3, 0.4) is 0 Å². The van der Waals surface area contributed by atoms with Crippen molar-refractivity contribution in [1.29, 1.82) is 0 Å². The Balaban J connectivity index is 1.73. The summed E-state index contributed by atoms with van der Waals surface area (Å²) < 4.78 is 55.0. The van der Waals surface area contributed by atoms with E-state index in [0.29, 0.717) is 10.1 Å². The van der Waals surface area contributed by atoms with Crippen molar-refractivity contribution in [3.63, 3.8) is 0 Å². The highest BCUT2D eigenvalue weighted by atomic mass is 19.4. The number of benzene rings is 1. The summed E-state index contributed by atoms with van der Waals surface area (Å²) in [6.45, 7) is 4.19. The van der Waals surface area contributed by atoms with Crippen LogP contribution in [0.25, 0.3) is 16.9 Å². The van der Waals surface area contributed by atoms with Gasteiger partial charge in [-0.3, -0.25) is 9.69 Å². The molecule has 0 radical (unpaired) electrons. The van der Waals surface area contributed by atoms with Crippen LogP contribution in [-0.2, 0) is 6.18 Å². The number of Topliss-reactive ketones (excluding diaryl/α,β-unsaturated/α-hetero) is 1. The molecular formula is C22H22F4N4O. The molecule has 0 bridgehead atoms. The van der Waals surface area contributed by atoms with Crippen LogP contribution in [0.5, 0.6) is 0 Å². The number of fused-ring (bicyclic) bond motifs is 1. The first-order chi connectivity index (χ1) is 14.6. The summed E-state index contributed by atoms with van der Waals surface area (Å²) in [5.74, 6) is -0.846. The highest BCUT2D eigenvalue weighted by molar-refractivity contribution is 5.96. The van der Waals surface area contributed by atoms with Gasteiger partial charge in [0.05, 0.1) is 12.2 Å². The lowest BCUT2D eigenvalue weighted by Crippen LogP contribution is -2.46. The second-order valence-electron chi connectivity index (χ2n) is 8.06. The highest BCUT2D eigenvalue weighted by Gasteiger charge is 2.36. The Hall–Kier alpha value is -2.81. The maximum atomic E-state index is 13.7. The number of likely N-dealkylation sites (tertiary alicyclic amines) is 1. The predicted molar refractivity (Wildman–Crippen MR) is 107 cm³/mol. The van der Waals surface area contributed by atoms with Crippen molar-refractivity contribution in [2.75, 3.05) is 6.54 Å². The molecule has 1 fully saturated rings. The minimum absolute atomic E-state index is 0.0250. The van der Waals surface area contributed by atoms with Gasteiger partial charge in [-0.05, 0) is 57.0 Å². The van der Waals surface area contributed by atoms with E-state index in [1.807, 2.05) is 13.8 Å². The molecule has 5 nitrogen and oxygen atoms in total. The molecule has 164 valence electrons. The third-order valence-corrected chi connectivity index (χ3v) is 5.85. The Morgan fingerprint density at radius 1 is 1.10 bits per heavy atom. The molecule has 2 atom stereocenters. The molecule has 1 aliphatic rings. The van der Waals surface area contributed by atoms with E-state index in [-0.39, 0.29) is 41.4 Å². The number of piperidine rings is 1. The van der Waals surface area contributed by atoms with E-state index in [1.165, 1.54) is 18.2 Å². The Labute approximate surface area is 176 Å². The second-order valence-corrected chi connectivity index (χ2v) is 8.06. The number of carbonyl (C=O) groups is 1. The SMILES string of the molecule is CC1CCCC(C)N1CC(=O)c1cc2nc(-c3ccc(F)cc3)cc(C(F)(F)F)n2n1. The molecule has 2 unspecified atom stereocenters. The normalized spacial score (nSPS) is 20.3. The molecule has 2 aromatic heterocycles. The van der Waals surface area contributed by atoms with Crippen molar-refractivity contribution in [3.05, 3.63) is 53.6 Å². The Morgan fingerprint density at radius 3 is 2.35 bits per heavy atom. The van der Waals surface area contributed by atoms with Gasteiger partial charge in [-0.15, -0.1) is 0 Å². The molecule has 0 saturated carbocycles. The number of hydrogen-bond donors (Lipinski definition) is 0. The van der Waals surface area contributed by atoms with Crippen molar-refractivity contribution >= 4 is 11.4 Å². The molecule has 4 rings (SSSR count). The van der Waals surface area contributed by atoms with Gasteiger partial charge in [0.15, 0.2) is 17.1 Å². The van der Waals surface area contributed by atoms with Gasteiger partial charge in [0.2, 0.25) is 0 Å². The van der Waals surface area contributed by atoms with Crippen molar-refractivity contribution in [3.8, 4) is 11.3 Å². The van der Waals surface area contributed by atoms with E-state index in [4.69, 9.17) is 0 Å². The summed E-state index contributed by atoms with van der Waals surface area (Å²) in [4.78, 5) is 19.2. The van der Waals surface area contributed by atoms with E-state index < -0.39 is 17.7 Å². The van der Waals surface area contributed by atoms with Crippen molar-refractivity contribution in [2.24, 2.45) is 0 Å². The molecule has 9 heteroatoms. The zero-order chi connectivity index (χ0) is 22.3. The fraction of sp³-hybridized carbons (Fsp3) is 0.409. The van der Waals surface area contributed by atoms with E-state index >= 15 is 0 Å². The van der Waals surface area contributed by atoms with Gasteiger partial charge in [-0.1, -0.05) is 6.42 Å². The average molecular weight is 434 g/mol. The topological polar surface area (TPSA) is 50.5 Å². The molecule has 1 saturated heterocycles. The van der Waals surface area contributed by atoms with Crippen LogP contribution in [0.2, 0.25) is 0 Å². The van der Waals surface area contributed by atoms with Crippen LogP contribution < -0.4 is 0 Å². The summed E-state index contributed by atoms with van der Waals surface area (Å²) in [5.41, 5.74) is -0.830. The minimum atomic E-state index is -4.71. The largest absolute Gasteiger partial charge is 0.433 e. The molecule has 3 aromatic rings. The summed E-state index contributed by atoms with van der Waals surface area (Å²) in [7, 11) is 0. The highest BCUT2D eigenvalue weighted by Crippen LogP contribution is 2.32. The van der Waals surface area contributed by atoms with Crippen molar-refractivity contribution in [2.45, 2.75) is 51.4 Å². The molecule has 1 aliphatic heterocycles. The third-order valence-electron chi connectivity index (χ3n) is 5.85. The number of carbonyl (C=O) groups excluding carboxylic acids is 1. The minimum Gasteiger partial charge on any atom is -0.291 e. The number of ketones is 1. The molecular weight excluding hydrogens is 412 g/mol. The van der Waals surface area contributed by atoms with Crippen LogP contribution in [0.15, 0.2) is 36.4 Å². The van der Waals surface area contributed by atoms with Crippen molar-refractivity contribution in [1.82, 2.24) is 19.5 Å². The fourth-order valence-electron chi connectivity index (χ4n) is 4.11. The van der Waals surface area contributed by atoms with Gasteiger partial charge < -0.3 is 0 Å². The first-order valence-electron chi connectivity index (χ1n) is 10.2. The lowest BCUT2D eigenvalue weighted by Gasteiger charge is -2.38. The monoisotopic (exact) mass is 434 g/mol. The van der Waals surface area contributed by atoms with Gasteiger partial charge in [0.25, 0.3) is 0 Å². The summed E-state index contributed by atoms with van der Waals surface area (Å²) in [6, 6.07) is 7.60. The maximum absolute atomic E-state index is 13.7. The molecule has 0 aliphatic carbocycles. The second kappa shape index (κ2) is 8.03. The molecule has 1 aromatic carbocycles. The summed E-state index contributed by atoms with van der Waals surface area (Å²) in [6.07, 6.45) is -1.67. The Morgan fingerprint density at radius 2 is 1.74 bits per heavy atom. The van der Waals surface area contributed by atoms with Crippen LogP contribution in [0.4, 0.5) is 17.6 Å². The molecule has 3 heterocycles. The quantitative estimate of drug-likeness (QED) is 0.428. The number of aromatic nitrogens is 3. The summed E-state index contributed by atoms with van der Waals surface area (Å²) in [5, 5.41) is 3.94. The number of alkyl halides is 3. The smallest absolute Gasteiger partial charge is 0.291 e. The van der Waals surface area contributed by atoms with Crippen LogP contribution in [0.1, 0.15) is 49.3 Å². The van der Waals surface area contributed by atoms with E-state index in [9.17, 15) is 22.4 Å². The summed E-state index contributed by atoms with van der Waals surface area (Å²) >= 11 is 0. The van der Waals surface area contributed by atoms with Crippen LogP contribution in [-0.4, -0.2) is 43.9 Å². The van der Waals surface area contributed by atoms with E-state index in [0.717, 1.165) is 37.5 Å². The van der Waals surface area contributed by atoms with Gasteiger partial charge in [0.1, 0.15) is 11.5 Å². The predicted octanol–water partition coefficient (Wildman–Crippen LogP) is 5.00. The number of nitrogens with zero attached hydrogens (tertiary/aromatic N) is 4. The number of hydrogen-bond acceptors (Lipinski definition) is 4. The van der Waals surface area contributed by atoms with Crippen LogP contribution >= 0.6 is 0 Å². The third kappa shape index (κ3) is 4.32. The Bertz CT molecular complexity index is 1100. The van der Waals surface area contributed by atoms with E-state index in [2.05, 4.69) is 15.0 Å². The first kappa shape index (κ1) is 21.4. The van der Waals surface area contributed by atoms with Gasteiger partial charge in [-0.25, -0.2) is 13.9 Å². The van der Waals surface area contributed by atoms with Gasteiger partial charge >= 0.3 is 6.18 Å². The van der Waals surface area contributed by atoms with Crippen LogP contribution in [0, 0.1) is 5.82 Å². The maximum Gasteiger partial charge on any atom is 0.433 e. The lowest BCUT2D eigenvalue weighted by molar-refractivity contribution is -0.142. The molecule has 0 spiro atoms. The molecule has 0 N–H and O–H groups in total. The van der Waals surface area contributed by atoms with Gasteiger partial charge in [0, 0.05) is 23.7 Å². The average Bonchev–Trinajstić information content (AvgIpc) is 3.14. The lowest BCUT2D eigenvalue weighted by atomic mass is 9.97. The number of halogens is 4.